The second-order valence-electron chi connectivity index (χ2n) is 3.70. The van der Waals surface area contributed by atoms with E-state index in [1.165, 1.54) is 0 Å². The third-order valence-electron chi connectivity index (χ3n) is 2.40. The fraction of sp³-hybridized carbons (Fsp3) is 0.889. The standard InChI is InChI=1S/C9H16FNO2/c1-6(5-12)11-9(13)7-2-3-8(10)4-7/h6-8,12H,2-5H2,1H3,(H,11,13). The van der Waals surface area contributed by atoms with E-state index in [0.29, 0.717) is 19.3 Å². The summed E-state index contributed by atoms with van der Waals surface area (Å²) in [5.74, 6) is -0.314. The Morgan fingerprint density at radius 3 is 2.85 bits per heavy atom. The zero-order valence-corrected chi connectivity index (χ0v) is 7.79. The molecule has 0 aliphatic heterocycles. The normalized spacial score (nSPS) is 30.1. The van der Waals surface area contributed by atoms with Crippen LogP contribution in [0.2, 0.25) is 0 Å². The number of carbonyl (C=O) groups excluding carboxylic acids is 1. The monoisotopic (exact) mass is 189 g/mol. The van der Waals surface area contributed by atoms with Gasteiger partial charge in [0.2, 0.25) is 5.91 Å². The Bertz CT molecular complexity index is 186. The molecule has 0 aromatic heterocycles. The third-order valence-corrected chi connectivity index (χ3v) is 2.40. The molecule has 76 valence electrons. The van der Waals surface area contributed by atoms with Crippen molar-refractivity contribution in [2.45, 2.75) is 38.4 Å². The quantitative estimate of drug-likeness (QED) is 0.683. The number of hydrogen-bond donors (Lipinski definition) is 2. The van der Waals surface area contributed by atoms with E-state index in [4.69, 9.17) is 5.11 Å². The maximum absolute atomic E-state index is 12.7. The summed E-state index contributed by atoms with van der Waals surface area (Å²) in [6.07, 6.45) is 0.640. The summed E-state index contributed by atoms with van der Waals surface area (Å²) < 4.78 is 12.7. The van der Waals surface area contributed by atoms with Crippen molar-refractivity contribution >= 4 is 5.91 Å². The predicted octanol–water partition coefficient (Wildman–Crippen LogP) is 0.622. The van der Waals surface area contributed by atoms with Gasteiger partial charge in [0.1, 0.15) is 6.17 Å². The predicted molar refractivity (Wildman–Crippen MR) is 46.9 cm³/mol. The number of alkyl halides is 1. The van der Waals surface area contributed by atoms with Crippen LogP contribution >= 0.6 is 0 Å². The lowest BCUT2D eigenvalue weighted by Gasteiger charge is -2.14. The summed E-state index contributed by atoms with van der Waals surface area (Å²) >= 11 is 0. The van der Waals surface area contributed by atoms with Crippen LogP contribution in [-0.2, 0) is 4.79 Å². The van der Waals surface area contributed by atoms with Crippen LogP contribution in [0, 0.1) is 5.92 Å². The Balaban J connectivity index is 2.31. The Labute approximate surface area is 77.3 Å². The van der Waals surface area contributed by atoms with Crippen LogP contribution in [0.15, 0.2) is 0 Å². The van der Waals surface area contributed by atoms with E-state index in [9.17, 15) is 9.18 Å². The molecule has 1 rings (SSSR count). The van der Waals surface area contributed by atoms with Crippen LogP contribution < -0.4 is 5.32 Å². The fourth-order valence-corrected chi connectivity index (χ4v) is 1.57. The van der Waals surface area contributed by atoms with Crippen LogP contribution in [0.3, 0.4) is 0 Å². The van der Waals surface area contributed by atoms with E-state index in [1.54, 1.807) is 6.92 Å². The van der Waals surface area contributed by atoms with E-state index in [1.807, 2.05) is 0 Å². The molecule has 2 N–H and O–H groups in total. The lowest BCUT2D eigenvalue weighted by molar-refractivity contribution is -0.125. The molecule has 3 atom stereocenters. The van der Waals surface area contributed by atoms with Crippen molar-refractivity contribution in [3.05, 3.63) is 0 Å². The molecule has 0 aromatic rings. The zero-order valence-electron chi connectivity index (χ0n) is 7.79. The number of amides is 1. The number of aliphatic hydroxyl groups excluding tert-OH is 1. The molecule has 13 heavy (non-hydrogen) atoms. The average molecular weight is 189 g/mol. The molecule has 1 fully saturated rings. The van der Waals surface area contributed by atoms with Gasteiger partial charge in [0, 0.05) is 12.0 Å². The van der Waals surface area contributed by atoms with Gasteiger partial charge in [-0.25, -0.2) is 4.39 Å². The first kappa shape index (κ1) is 10.4. The highest BCUT2D eigenvalue weighted by Crippen LogP contribution is 2.27. The second-order valence-corrected chi connectivity index (χ2v) is 3.70. The molecule has 1 amide bonds. The summed E-state index contributed by atoms with van der Waals surface area (Å²) in [5, 5.41) is 11.3. The van der Waals surface area contributed by atoms with E-state index in [0.717, 1.165) is 0 Å². The number of rotatable bonds is 3. The molecule has 1 aliphatic carbocycles. The van der Waals surface area contributed by atoms with Gasteiger partial charge in [-0.05, 0) is 26.2 Å². The highest BCUT2D eigenvalue weighted by Gasteiger charge is 2.29. The molecule has 0 saturated heterocycles. The number of halogens is 1. The number of carbonyl (C=O) groups is 1. The van der Waals surface area contributed by atoms with E-state index in [2.05, 4.69) is 5.32 Å². The fourth-order valence-electron chi connectivity index (χ4n) is 1.57. The van der Waals surface area contributed by atoms with Crippen molar-refractivity contribution in [3.8, 4) is 0 Å². The number of hydrogen-bond acceptors (Lipinski definition) is 2. The molecule has 1 aliphatic rings. The Hall–Kier alpha value is -0.640. The smallest absolute Gasteiger partial charge is 0.223 e. The van der Waals surface area contributed by atoms with Crippen LogP contribution in [0.1, 0.15) is 26.2 Å². The zero-order chi connectivity index (χ0) is 9.84. The van der Waals surface area contributed by atoms with Gasteiger partial charge in [-0.3, -0.25) is 4.79 Å². The highest BCUT2D eigenvalue weighted by molar-refractivity contribution is 5.79. The number of nitrogens with one attached hydrogen (secondary N) is 1. The molecule has 3 nitrogen and oxygen atoms in total. The van der Waals surface area contributed by atoms with Gasteiger partial charge in [0.15, 0.2) is 0 Å². The minimum atomic E-state index is -0.819. The summed E-state index contributed by atoms with van der Waals surface area (Å²) in [4.78, 5) is 11.4. The maximum Gasteiger partial charge on any atom is 0.223 e. The minimum Gasteiger partial charge on any atom is -0.394 e. The highest BCUT2D eigenvalue weighted by atomic mass is 19.1. The van der Waals surface area contributed by atoms with Gasteiger partial charge in [-0.1, -0.05) is 0 Å². The van der Waals surface area contributed by atoms with Crippen LogP contribution in [0.25, 0.3) is 0 Å². The van der Waals surface area contributed by atoms with E-state index < -0.39 is 6.17 Å². The van der Waals surface area contributed by atoms with Gasteiger partial charge in [0.05, 0.1) is 6.61 Å². The maximum atomic E-state index is 12.7. The summed E-state index contributed by atoms with van der Waals surface area (Å²) in [7, 11) is 0. The molecule has 0 bridgehead atoms. The van der Waals surface area contributed by atoms with Crippen LogP contribution in [-0.4, -0.2) is 29.8 Å². The second kappa shape index (κ2) is 4.56. The van der Waals surface area contributed by atoms with Crippen molar-refractivity contribution in [1.29, 1.82) is 0 Å². The molecule has 0 radical (unpaired) electrons. The van der Waals surface area contributed by atoms with Gasteiger partial charge < -0.3 is 10.4 Å². The first-order valence-electron chi connectivity index (χ1n) is 4.68. The molecule has 0 heterocycles. The lowest BCUT2D eigenvalue weighted by Crippen LogP contribution is -2.38. The molecule has 0 aromatic carbocycles. The van der Waals surface area contributed by atoms with E-state index >= 15 is 0 Å². The molecule has 0 spiro atoms. The Morgan fingerprint density at radius 2 is 2.38 bits per heavy atom. The molecule has 3 unspecified atom stereocenters. The van der Waals surface area contributed by atoms with Gasteiger partial charge in [-0.2, -0.15) is 0 Å². The SMILES string of the molecule is CC(CO)NC(=O)C1CCC(F)C1. The topological polar surface area (TPSA) is 49.3 Å². The molecule has 4 heteroatoms. The van der Waals surface area contributed by atoms with Gasteiger partial charge in [-0.15, -0.1) is 0 Å². The Morgan fingerprint density at radius 1 is 1.69 bits per heavy atom. The van der Waals surface area contributed by atoms with Crippen LogP contribution in [0.4, 0.5) is 4.39 Å². The summed E-state index contributed by atoms with van der Waals surface area (Å²) in [6.45, 7) is 1.65. The largest absolute Gasteiger partial charge is 0.394 e. The molecule has 1 saturated carbocycles. The van der Waals surface area contributed by atoms with Crippen molar-refractivity contribution in [3.63, 3.8) is 0 Å². The van der Waals surface area contributed by atoms with Crippen molar-refractivity contribution < 1.29 is 14.3 Å². The van der Waals surface area contributed by atoms with Crippen molar-refractivity contribution in [1.82, 2.24) is 5.32 Å². The lowest BCUT2D eigenvalue weighted by atomic mass is 10.1. The first-order chi connectivity index (χ1) is 6.13. The average Bonchev–Trinajstić information content (AvgIpc) is 2.51. The summed E-state index contributed by atoms with van der Waals surface area (Å²) in [5.41, 5.74) is 0. The number of aliphatic hydroxyl groups is 1. The minimum absolute atomic E-state index is 0.0719. The van der Waals surface area contributed by atoms with Gasteiger partial charge >= 0.3 is 0 Å². The summed E-state index contributed by atoms with van der Waals surface area (Å²) in [6, 6.07) is -0.230. The van der Waals surface area contributed by atoms with Crippen molar-refractivity contribution in [2.24, 2.45) is 5.92 Å². The molecular weight excluding hydrogens is 173 g/mol. The van der Waals surface area contributed by atoms with E-state index in [-0.39, 0.29) is 24.5 Å². The first-order valence-corrected chi connectivity index (χ1v) is 4.68. The van der Waals surface area contributed by atoms with Crippen molar-refractivity contribution in [2.75, 3.05) is 6.61 Å². The Kier molecular flexibility index (Phi) is 3.66. The molecular formula is C9H16FNO2. The van der Waals surface area contributed by atoms with Gasteiger partial charge in [0.25, 0.3) is 0 Å². The third kappa shape index (κ3) is 2.95. The van der Waals surface area contributed by atoms with Crippen LogP contribution in [0.5, 0.6) is 0 Å².